The van der Waals surface area contributed by atoms with E-state index in [0.29, 0.717) is 22.5 Å². The number of ether oxygens (including phenoxy) is 1. The molecule has 3 nitrogen and oxygen atoms in total. The van der Waals surface area contributed by atoms with E-state index in [-0.39, 0.29) is 6.10 Å². The maximum Gasteiger partial charge on any atom is 0.216 e. The Morgan fingerprint density at radius 1 is 1.12 bits per heavy atom. The first-order valence-electron chi connectivity index (χ1n) is 6.04. The van der Waals surface area contributed by atoms with Crippen LogP contribution in [0.3, 0.4) is 0 Å². The maximum atomic E-state index is 5.60. The van der Waals surface area contributed by atoms with Crippen LogP contribution in [0.15, 0.2) is 12.4 Å². The summed E-state index contributed by atoms with van der Waals surface area (Å²) in [6, 6.07) is 1.95. The molecule has 0 radical (unpaired) electrons. The maximum absolute atomic E-state index is 5.60. The second kappa shape index (κ2) is 6.34. The molecule has 0 fully saturated rings. The average molecular weight is 301 g/mol. The summed E-state index contributed by atoms with van der Waals surface area (Å²) in [5.41, 5.74) is 1.04. The first-order chi connectivity index (χ1) is 7.91. The quantitative estimate of drug-likeness (QED) is 0.776. The van der Waals surface area contributed by atoms with E-state index in [9.17, 15) is 0 Å². The van der Waals surface area contributed by atoms with Crippen LogP contribution in [0.5, 0.6) is 5.88 Å². The molecule has 2 atom stereocenters. The Morgan fingerprint density at radius 3 is 2.24 bits per heavy atom. The van der Waals surface area contributed by atoms with Gasteiger partial charge in [-0.25, -0.2) is 9.97 Å². The summed E-state index contributed by atoms with van der Waals surface area (Å²) in [5, 5.41) is 0. The lowest BCUT2D eigenvalue weighted by molar-refractivity contribution is 0.231. The smallest absolute Gasteiger partial charge is 0.216 e. The molecule has 2 unspecified atom stereocenters. The van der Waals surface area contributed by atoms with E-state index in [1.807, 2.05) is 19.9 Å². The van der Waals surface area contributed by atoms with Crippen LogP contribution in [0.1, 0.15) is 46.2 Å². The van der Waals surface area contributed by atoms with Gasteiger partial charge in [-0.3, -0.25) is 0 Å². The Bertz CT molecular complexity index is 345. The zero-order valence-corrected chi connectivity index (χ0v) is 12.7. The third-order valence-corrected chi connectivity index (χ3v) is 3.14. The number of hydrogen-bond acceptors (Lipinski definition) is 3. The van der Waals surface area contributed by atoms with Gasteiger partial charge >= 0.3 is 0 Å². The van der Waals surface area contributed by atoms with Crippen LogP contribution in [-0.4, -0.2) is 20.9 Å². The van der Waals surface area contributed by atoms with Gasteiger partial charge in [0, 0.05) is 16.8 Å². The summed E-state index contributed by atoms with van der Waals surface area (Å²) in [6.07, 6.45) is 1.72. The minimum Gasteiger partial charge on any atom is -0.475 e. The molecule has 1 rings (SSSR count). The number of aromatic nitrogens is 2. The van der Waals surface area contributed by atoms with Gasteiger partial charge in [0.2, 0.25) is 5.88 Å². The van der Waals surface area contributed by atoms with Gasteiger partial charge in [-0.1, -0.05) is 36.7 Å². The largest absolute Gasteiger partial charge is 0.475 e. The fraction of sp³-hybridized carbons (Fsp3) is 0.692. The number of halogens is 1. The van der Waals surface area contributed by atoms with Gasteiger partial charge in [0.25, 0.3) is 0 Å². The van der Waals surface area contributed by atoms with E-state index in [4.69, 9.17) is 4.74 Å². The Balaban J connectivity index is 2.96. The van der Waals surface area contributed by atoms with E-state index in [2.05, 4.69) is 46.7 Å². The number of alkyl halides is 1. The molecule has 1 aromatic heterocycles. The van der Waals surface area contributed by atoms with Crippen molar-refractivity contribution in [3.8, 4) is 5.88 Å². The molecule has 0 saturated carbocycles. The topological polar surface area (TPSA) is 35.0 Å². The first-order valence-corrected chi connectivity index (χ1v) is 6.96. The van der Waals surface area contributed by atoms with E-state index >= 15 is 0 Å². The van der Waals surface area contributed by atoms with Crippen LogP contribution in [0, 0.1) is 5.92 Å². The van der Waals surface area contributed by atoms with E-state index < -0.39 is 0 Å². The fourth-order valence-electron chi connectivity index (χ4n) is 1.95. The van der Waals surface area contributed by atoms with Gasteiger partial charge < -0.3 is 4.74 Å². The fourth-order valence-corrected chi connectivity index (χ4v) is 2.83. The van der Waals surface area contributed by atoms with Crippen LogP contribution >= 0.6 is 15.9 Å². The number of rotatable bonds is 5. The van der Waals surface area contributed by atoms with Gasteiger partial charge in [0.05, 0.1) is 11.8 Å². The third-order valence-electron chi connectivity index (χ3n) is 2.57. The van der Waals surface area contributed by atoms with Crippen LogP contribution in [0.25, 0.3) is 0 Å². The molecule has 0 amide bonds. The average Bonchev–Trinajstić information content (AvgIpc) is 2.15. The number of hydrogen-bond donors (Lipinski definition) is 0. The van der Waals surface area contributed by atoms with Crippen LogP contribution < -0.4 is 4.74 Å². The van der Waals surface area contributed by atoms with Gasteiger partial charge in [0.1, 0.15) is 6.33 Å². The molecule has 1 heterocycles. The zero-order chi connectivity index (χ0) is 13.0. The molecular formula is C13H21BrN2O. The standard InChI is InChI=1S/C13H21BrN2O/c1-8(2)13(10(5)14)11-6-12(16-7-15-11)17-9(3)4/h6-10,13H,1-5H3. The normalized spacial score (nSPS) is 15.1. The van der Waals surface area contributed by atoms with Crippen molar-refractivity contribution in [1.82, 2.24) is 9.97 Å². The Labute approximate surface area is 112 Å². The highest BCUT2D eigenvalue weighted by Gasteiger charge is 2.22. The van der Waals surface area contributed by atoms with Crippen molar-refractivity contribution < 1.29 is 4.74 Å². The summed E-state index contributed by atoms with van der Waals surface area (Å²) in [5.74, 6) is 1.54. The van der Waals surface area contributed by atoms with Gasteiger partial charge in [-0.2, -0.15) is 0 Å². The van der Waals surface area contributed by atoms with Crippen LogP contribution in [-0.2, 0) is 0 Å². The van der Waals surface area contributed by atoms with Crippen molar-refractivity contribution >= 4 is 15.9 Å². The Morgan fingerprint density at radius 2 is 1.76 bits per heavy atom. The second-order valence-electron chi connectivity index (χ2n) is 4.90. The van der Waals surface area contributed by atoms with E-state index in [0.717, 1.165) is 5.69 Å². The van der Waals surface area contributed by atoms with Crippen LogP contribution in [0.4, 0.5) is 0 Å². The first kappa shape index (κ1) is 14.4. The zero-order valence-electron chi connectivity index (χ0n) is 11.1. The number of nitrogens with zero attached hydrogens (tertiary/aromatic N) is 2. The predicted molar refractivity (Wildman–Crippen MR) is 73.8 cm³/mol. The molecule has 17 heavy (non-hydrogen) atoms. The molecule has 0 spiro atoms. The SMILES string of the molecule is CC(C)Oc1cc(C(C(C)C)C(C)Br)ncn1. The lowest BCUT2D eigenvalue weighted by Crippen LogP contribution is -2.17. The second-order valence-corrected chi connectivity index (χ2v) is 6.34. The molecule has 0 bridgehead atoms. The molecule has 4 heteroatoms. The van der Waals surface area contributed by atoms with Crippen LogP contribution in [0.2, 0.25) is 0 Å². The van der Waals surface area contributed by atoms with Gasteiger partial charge in [0.15, 0.2) is 0 Å². The predicted octanol–water partition coefficient (Wildman–Crippen LogP) is 3.79. The molecule has 0 aromatic carbocycles. The summed E-state index contributed by atoms with van der Waals surface area (Å²) in [4.78, 5) is 8.88. The third kappa shape index (κ3) is 4.26. The van der Waals surface area contributed by atoms with Crippen molar-refractivity contribution in [1.29, 1.82) is 0 Å². The Kier molecular flexibility index (Phi) is 5.37. The van der Waals surface area contributed by atoms with Crippen molar-refractivity contribution in [2.75, 3.05) is 0 Å². The molecule has 0 aliphatic heterocycles. The molecular weight excluding hydrogens is 280 g/mol. The highest BCUT2D eigenvalue weighted by molar-refractivity contribution is 9.09. The molecule has 0 N–H and O–H groups in total. The summed E-state index contributed by atoms with van der Waals surface area (Å²) >= 11 is 3.65. The van der Waals surface area contributed by atoms with E-state index in [1.54, 1.807) is 6.33 Å². The van der Waals surface area contributed by atoms with Crippen molar-refractivity contribution in [3.05, 3.63) is 18.1 Å². The summed E-state index contributed by atoms with van der Waals surface area (Å²) in [6.45, 7) is 10.5. The van der Waals surface area contributed by atoms with Crippen molar-refractivity contribution in [3.63, 3.8) is 0 Å². The van der Waals surface area contributed by atoms with Crippen molar-refractivity contribution in [2.45, 2.75) is 51.5 Å². The lowest BCUT2D eigenvalue weighted by atomic mass is 9.90. The molecule has 0 aliphatic carbocycles. The monoisotopic (exact) mass is 300 g/mol. The highest BCUT2D eigenvalue weighted by Crippen LogP contribution is 2.31. The molecule has 96 valence electrons. The summed E-state index contributed by atoms with van der Waals surface area (Å²) < 4.78 is 5.60. The lowest BCUT2D eigenvalue weighted by Gasteiger charge is -2.23. The minimum atomic E-state index is 0.136. The van der Waals surface area contributed by atoms with Gasteiger partial charge in [-0.15, -0.1) is 0 Å². The molecule has 0 saturated heterocycles. The highest BCUT2D eigenvalue weighted by atomic mass is 79.9. The Hall–Kier alpha value is -0.640. The minimum absolute atomic E-state index is 0.136. The van der Waals surface area contributed by atoms with Crippen molar-refractivity contribution in [2.24, 2.45) is 5.92 Å². The summed E-state index contributed by atoms with van der Waals surface area (Å²) in [7, 11) is 0. The molecule has 1 aromatic rings. The van der Waals surface area contributed by atoms with Gasteiger partial charge in [-0.05, 0) is 19.8 Å². The molecule has 0 aliphatic rings. The van der Waals surface area contributed by atoms with E-state index in [1.165, 1.54) is 0 Å².